The van der Waals surface area contributed by atoms with Crippen molar-refractivity contribution >= 4 is 54.6 Å². The van der Waals surface area contributed by atoms with Crippen LogP contribution in [0, 0.1) is 12.7 Å². The Kier molecular flexibility index (Phi) is 8.13. The van der Waals surface area contributed by atoms with Gasteiger partial charge in [0.2, 0.25) is 0 Å². The van der Waals surface area contributed by atoms with Crippen LogP contribution < -0.4 is 19.1 Å². The van der Waals surface area contributed by atoms with E-state index in [0.717, 1.165) is 17.7 Å². The molecule has 42 heavy (non-hydrogen) atoms. The SMILES string of the molecule is Cc1cc(S(=O)(=O)Nc2ccc(F)cc2)ccc1OCC(=O)Nc1ccc2c(c1)N(S(=O)(=O)c1ccc(Cl)cc1)CC2. The fraction of sp³-hybridized carbons (Fsp3) is 0.138. The number of carbonyl (C=O) groups excluding carboxylic acids is 1. The number of amides is 1. The second kappa shape index (κ2) is 11.6. The zero-order chi connectivity index (χ0) is 30.1. The Morgan fingerprint density at radius 3 is 2.26 bits per heavy atom. The molecule has 2 N–H and O–H groups in total. The van der Waals surface area contributed by atoms with Crippen LogP contribution in [0.2, 0.25) is 5.02 Å². The van der Waals surface area contributed by atoms with Crippen molar-refractivity contribution < 1.29 is 30.8 Å². The Bertz CT molecular complexity index is 1870. The molecule has 1 heterocycles. The average molecular weight is 630 g/mol. The fourth-order valence-corrected chi connectivity index (χ4v) is 7.20. The number of sulfonamides is 2. The maximum atomic E-state index is 13.2. The first-order valence-corrected chi connectivity index (χ1v) is 16.0. The highest BCUT2D eigenvalue weighted by Gasteiger charge is 2.31. The van der Waals surface area contributed by atoms with Crippen molar-refractivity contribution in [1.82, 2.24) is 0 Å². The van der Waals surface area contributed by atoms with E-state index in [9.17, 15) is 26.0 Å². The molecule has 0 unspecified atom stereocenters. The molecule has 0 fully saturated rings. The zero-order valence-electron chi connectivity index (χ0n) is 22.2. The molecule has 218 valence electrons. The molecule has 0 radical (unpaired) electrons. The first-order chi connectivity index (χ1) is 19.9. The van der Waals surface area contributed by atoms with E-state index in [4.69, 9.17) is 16.3 Å². The average Bonchev–Trinajstić information content (AvgIpc) is 3.38. The molecule has 0 atom stereocenters. The highest BCUT2D eigenvalue weighted by Crippen LogP contribution is 2.35. The summed E-state index contributed by atoms with van der Waals surface area (Å²) in [6, 6.07) is 20.1. The summed E-state index contributed by atoms with van der Waals surface area (Å²) in [6.07, 6.45) is 0.532. The third kappa shape index (κ3) is 6.35. The minimum atomic E-state index is -3.94. The number of aryl methyl sites for hydroxylation is 1. The van der Waals surface area contributed by atoms with Gasteiger partial charge in [-0.1, -0.05) is 17.7 Å². The van der Waals surface area contributed by atoms with Crippen molar-refractivity contribution in [3.8, 4) is 5.75 Å². The molecule has 5 rings (SSSR count). The standard InChI is InChI=1S/C29H25ClFN3O6S2/c1-19-16-26(41(36,37)33-23-8-5-22(31)6-9-23)12-13-28(19)40-18-29(35)32-24-7-2-20-14-15-34(27(20)17-24)42(38,39)25-10-3-21(30)4-11-25/h2-13,16-17,33H,14-15,18H2,1H3,(H,32,35). The van der Waals surface area contributed by atoms with E-state index < -0.39 is 31.8 Å². The van der Waals surface area contributed by atoms with Crippen LogP contribution in [0.25, 0.3) is 0 Å². The second-order valence-corrected chi connectivity index (χ2v) is 13.5. The molecule has 4 aromatic carbocycles. The zero-order valence-corrected chi connectivity index (χ0v) is 24.6. The number of halogens is 2. The van der Waals surface area contributed by atoms with Gasteiger partial charge in [0.1, 0.15) is 11.6 Å². The number of anilines is 3. The molecule has 1 aliphatic heterocycles. The Balaban J connectivity index is 1.23. The van der Waals surface area contributed by atoms with E-state index in [-0.39, 0.29) is 28.6 Å². The lowest BCUT2D eigenvalue weighted by molar-refractivity contribution is -0.118. The normalized spacial score (nSPS) is 13.0. The second-order valence-electron chi connectivity index (χ2n) is 9.50. The Morgan fingerprint density at radius 2 is 1.57 bits per heavy atom. The highest BCUT2D eigenvalue weighted by atomic mass is 35.5. The number of nitrogens with zero attached hydrogens (tertiary/aromatic N) is 1. The van der Waals surface area contributed by atoms with Gasteiger partial charge in [-0.05, 0) is 103 Å². The molecule has 9 nitrogen and oxygen atoms in total. The van der Waals surface area contributed by atoms with E-state index >= 15 is 0 Å². The third-order valence-electron chi connectivity index (χ3n) is 6.54. The van der Waals surface area contributed by atoms with Crippen LogP contribution in [-0.4, -0.2) is 35.9 Å². The lowest BCUT2D eigenvalue weighted by Gasteiger charge is -2.20. The van der Waals surface area contributed by atoms with Crippen molar-refractivity contribution in [3.05, 3.63) is 107 Å². The molecule has 4 aromatic rings. The molecule has 1 amide bonds. The molecule has 0 saturated carbocycles. The number of fused-ring (bicyclic) bond motifs is 1. The van der Waals surface area contributed by atoms with Crippen LogP contribution in [-0.2, 0) is 31.3 Å². The summed E-state index contributed by atoms with van der Waals surface area (Å²) in [5.41, 5.74) is 2.39. The van der Waals surface area contributed by atoms with E-state index in [1.165, 1.54) is 58.9 Å². The van der Waals surface area contributed by atoms with Crippen molar-refractivity contribution in [3.63, 3.8) is 0 Å². The van der Waals surface area contributed by atoms with Crippen LogP contribution in [0.3, 0.4) is 0 Å². The Labute approximate surface area is 248 Å². The van der Waals surface area contributed by atoms with Gasteiger partial charge in [-0.25, -0.2) is 21.2 Å². The van der Waals surface area contributed by atoms with Gasteiger partial charge in [0.15, 0.2) is 6.61 Å². The van der Waals surface area contributed by atoms with Gasteiger partial charge < -0.3 is 10.1 Å². The number of hydrogen-bond acceptors (Lipinski definition) is 6. The smallest absolute Gasteiger partial charge is 0.264 e. The van der Waals surface area contributed by atoms with E-state index in [1.807, 2.05) is 0 Å². The summed E-state index contributed by atoms with van der Waals surface area (Å²) >= 11 is 5.91. The summed E-state index contributed by atoms with van der Waals surface area (Å²) in [4.78, 5) is 12.8. The number of carbonyl (C=O) groups is 1. The molecule has 0 spiro atoms. The summed E-state index contributed by atoms with van der Waals surface area (Å²) in [5.74, 6) is -0.672. The lowest BCUT2D eigenvalue weighted by atomic mass is 10.1. The van der Waals surface area contributed by atoms with E-state index in [1.54, 1.807) is 25.1 Å². The molecule has 0 bridgehead atoms. The van der Waals surface area contributed by atoms with Crippen LogP contribution in [0.15, 0.2) is 94.7 Å². The molecule has 13 heteroatoms. The monoisotopic (exact) mass is 629 g/mol. The van der Waals surface area contributed by atoms with Crippen LogP contribution in [0.4, 0.5) is 21.5 Å². The van der Waals surface area contributed by atoms with Gasteiger partial charge in [-0.15, -0.1) is 0 Å². The summed E-state index contributed by atoms with van der Waals surface area (Å²) < 4.78 is 74.4. The molecular weight excluding hydrogens is 605 g/mol. The van der Waals surface area contributed by atoms with E-state index in [0.29, 0.717) is 34.1 Å². The maximum absolute atomic E-state index is 13.2. The first-order valence-electron chi connectivity index (χ1n) is 12.7. The van der Waals surface area contributed by atoms with Crippen molar-refractivity contribution in [2.75, 3.05) is 27.5 Å². The van der Waals surface area contributed by atoms with Gasteiger partial charge in [-0.3, -0.25) is 13.8 Å². The number of benzene rings is 4. The van der Waals surface area contributed by atoms with Crippen molar-refractivity contribution in [1.29, 1.82) is 0 Å². The van der Waals surface area contributed by atoms with Crippen LogP contribution in [0.5, 0.6) is 5.75 Å². The van der Waals surface area contributed by atoms with Gasteiger partial charge in [0.25, 0.3) is 26.0 Å². The number of ether oxygens (including phenoxy) is 1. The van der Waals surface area contributed by atoms with Crippen molar-refractivity contribution in [2.24, 2.45) is 0 Å². The molecular formula is C29H25ClFN3O6S2. The first kappa shape index (κ1) is 29.4. The molecule has 1 aliphatic rings. The number of hydrogen-bond donors (Lipinski definition) is 2. The predicted molar refractivity (Wildman–Crippen MR) is 159 cm³/mol. The Hall–Kier alpha value is -4.13. The molecule has 0 saturated heterocycles. The topological polar surface area (TPSA) is 122 Å². The minimum Gasteiger partial charge on any atom is -0.483 e. The van der Waals surface area contributed by atoms with Crippen LogP contribution in [0.1, 0.15) is 11.1 Å². The van der Waals surface area contributed by atoms with Gasteiger partial charge in [0.05, 0.1) is 15.5 Å². The van der Waals surface area contributed by atoms with Crippen LogP contribution >= 0.6 is 11.6 Å². The maximum Gasteiger partial charge on any atom is 0.264 e. The highest BCUT2D eigenvalue weighted by molar-refractivity contribution is 7.93. The summed E-state index contributed by atoms with van der Waals surface area (Å²) in [7, 11) is -7.76. The fourth-order valence-electron chi connectivity index (χ4n) is 4.43. The van der Waals surface area contributed by atoms with Gasteiger partial charge in [0, 0.05) is 22.9 Å². The largest absolute Gasteiger partial charge is 0.483 e. The lowest BCUT2D eigenvalue weighted by Crippen LogP contribution is -2.29. The van der Waals surface area contributed by atoms with Gasteiger partial charge in [-0.2, -0.15) is 0 Å². The van der Waals surface area contributed by atoms with Gasteiger partial charge >= 0.3 is 0 Å². The molecule has 0 aliphatic carbocycles. The summed E-state index contributed by atoms with van der Waals surface area (Å²) in [6.45, 7) is 1.54. The number of rotatable bonds is 9. The number of nitrogens with one attached hydrogen (secondary N) is 2. The summed E-state index contributed by atoms with van der Waals surface area (Å²) in [5, 5.41) is 3.14. The molecule has 0 aromatic heterocycles. The van der Waals surface area contributed by atoms with Crippen molar-refractivity contribution in [2.45, 2.75) is 23.1 Å². The van der Waals surface area contributed by atoms with E-state index in [2.05, 4.69) is 10.0 Å². The third-order valence-corrected chi connectivity index (χ3v) is 9.99. The quantitative estimate of drug-likeness (QED) is 0.257. The Morgan fingerprint density at radius 1 is 0.905 bits per heavy atom. The predicted octanol–water partition coefficient (Wildman–Crippen LogP) is 5.36. The minimum absolute atomic E-state index is 0.0302.